The summed E-state index contributed by atoms with van der Waals surface area (Å²) in [6.45, 7) is -0.0259. The summed E-state index contributed by atoms with van der Waals surface area (Å²) in [4.78, 5) is 4.13. The first-order valence-corrected chi connectivity index (χ1v) is 5.04. The number of pyridine rings is 1. The van der Waals surface area contributed by atoms with Crippen LogP contribution in [0.5, 0.6) is 5.88 Å². The van der Waals surface area contributed by atoms with Gasteiger partial charge < -0.3 is 15.2 Å². The maximum Gasteiger partial charge on any atom is 0.212 e. The van der Waals surface area contributed by atoms with E-state index >= 15 is 0 Å². The largest absolute Gasteiger partial charge is 0.481 e. The number of hydrogen-bond acceptors (Lipinski definition) is 4. The summed E-state index contributed by atoms with van der Waals surface area (Å²) in [5.41, 5.74) is 0.324. The van der Waals surface area contributed by atoms with Crippen molar-refractivity contribution in [3.8, 4) is 5.88 Å². The topological polar surface area (TPSA) is 54.4 Å². The number of rotatable bonds is 3. The van der Waals surface area contributed by atoms with E-state index in [1.54, 1.807) is 25.6 Å². The standard InChI is InChI=1S/C12H14N2O2/c1-16-11-5-4-10(8-13-11)12(9-15)6-2-3-7-14-12/h2-8,14-15H,9H2,1H3. The highest BCUT2D eigenvalue weighted by atomic mass is 16.5. The van der Waals surface area contributed by atoms with Crippen molar-refractivity contribution in [2.45, 2.75) is 5.54 Å². The number of aliphatic hydroxyl groups is 1. The van der Waals surface area contributed by atoms with Crippen molar-refractivity contribution >= 4 is 0 Å². The van der Waals surface area contributed by atoms with Crippen LogP contribution in [0.3, 0.4) is 0 Å². The first-order valence-electron chi connectivity index (χ1n) is 5.04. The van der Waals surface area contributed by atoms with Crippen LogP contribution >= 0.6 is 0 Å². The van der Waals surface area contributed by atoms with Gasteiger partial charge in [0.2, 0.25) is 5.88 Å². The SMILES string of the molecule is COc1ccc(C2(CO)C=CC=CN2)cn1. The highest BCUT2D eigenvalue weighted by molar-refractivity contribution is 5.34. The second-order valence-corrected chi connectivity index (χ2v) is 3.58. The Morgan fingerprint density at radius 2 is 2.31 bits per heavy atom. The van der Waals surface area contributed by atoms with Gasteiger partial charge in [-0.1, -0.05) is 12.2 Å². The molecule has 0 fully saturated rings. The minimum Gasteiger partial charge on any atom is -0.481 e. The fraction of sp³-hybridized carbons (Fsp3) is 0.250. The molecule has 84 valence electrons. The first-order chi connectivity index (χ1) is 7.80. The lowest BCUT2D eigenvalue weighted by atomic mass is 9.90. The molecule has 0 spiro atoms. The number of aromatic nitrogens is 1. The van der Waals surface area contributed by atoms with Crippen LogP contribution in [0.2, 0.25) is 0 Å². The van der Waals surface area contributed by atoms with Crippen LogP contribution in [0, 0.1) is 0 Å². The van der Waals surface area contributed by atoms with Gasteiger partial charge in [0.05, 0.1) is 13.7 Å². The highest BCUT2D eigenvalue weighted by Gasteiger charge is 2.28. The van der Waals surface area contributed by atoms with Crippen LogP contribution in [-0.2, 0) is 5.54 Å². The van der Waals surface area contributed by atoms with Crippen molar-refractivity contribution in [2.75, 3.05) is 13.7 Å². The van der Waals surface area contributed by atoms with E-state index in [0.29, 0.717) is 5.88 Å². The molecule has 2 rings (SSSR count). The number of ether oxygens (including phenoxy) is 1. The molecule has 0 bridgehead atoms. The lowest BCUT2D eigenvalue weighted by molar-refractivity contribution is 0.208. The van der Waals surface area contributed by atoms with E-state index in [0.717, 1.165) is 5.56 Å². The third kappa shape index (κ3) is 1.79. The Kier molecular flexibility index (Phi) is 2.92. The van der Waals surface area contributed by atoms with Gasteiger partial charge in [-0.3, -0.25) is 0 Å². The van der Waals surface area contributed by atoms with E-state index < -0.39 is 5.54 Å². The number of dihydropyridines is 1. The molecule has 1 aromatic heterocycles. The zero-order valence-corrected chi connectivity index (χ0v) is 9.05. The molecule has 2 N–H and O–H groups in total. The van der Waals surface area contributed by atoms with Gasteiger partial charge in [-0.2, -0.15) is 0 Å². The van der Waals surface area contributed by atoms with Gasteiger partial charge in [-0.15, -0.1) is 0 Å². The molecule has 0 aliphatic carbocycles. The van der Waals surface area contributed by atoms with Gasteiger partial charge in [0.25, 0.3) is 0 Å². The Balaban J connectivity index is 2.33. The molecule has 0 radical (unpaired) electrons. The lowest BCUT2D eigenvalue weighted by Crippen LogP contribution is -2.42. The van der Waals surface area contributed by atoms with Gasteiger partial charge in [-0.25, -0.2) is 4.98 Å². The minimum atomic E-state index is -0.575. The highest BCUT2D eigenvalue weighted by Crippen LogP contribution is 2.25. The summed E-state index contributed by atoms with van der Waals surface area (Å²) in [7, 11) is 1.57. The molecule has 0 aromatic carbocycles. The van der Waals surface area contributed by atoms with Gasteiger partial charge in [0.15, 0.2) is 0 Å². The Morgan fingerprint density at radius 1 is 1.44 bits per heavy atom. The Bertz CT molecular complexity index is 412. The molecule has 0 saturated heterocycles. The number of nitrogens with one attached hydrogen (secondary N) is 1. The maximum absolute atomic E-state index is 9.51. The van der Waals surface area contributed by atoms with Crippen molar-refractivity contribution in [1.82, 2.24) is 10.3 Å². The van der Waals surface area contributed by atoms with Crippen molar-refractivity contribution in [3.63, 3.8) is 0 Å². The number of aliphatic hydroxyl groups excluding tert-OH is 1. The van der Waals surface area contributed by atoms with E-state index in [1.807, 2.05) is 24.3 Å². The van der Waals surface area contributed by atoms with Crippen molar-refractivity contribution < 1.29 is 9.84 Å². The summed E-state index contributed by atoms with van der Waals surface area (Å²) < 4.78 is 5.00. The van der Waals surface area contributed by atoms with Crippen LogP contribution in [0.15, 0.2) is 42.8 Å². The summed E-state index contributed by atoms with van der Waals surface area (Å²) in [5, 5.41) is 12.7. The second-order valence-electron chi connectivity index (χ2n) is 3.58. The summed E-state index contributed by atoms with van der Waals surface area (Å²) in [6, 6.07) is 3.67. The number of allylic oxidation sites excluding steroid dienone is 2. The molecule has 0 amide bonds. The number of hydrogen-bond donors (Lipinski definition) is 2. The van der Waals surface area contributed by atoms with E-state index in [4.69, 9.17) is 4.74 Å². The van der Waals surface area contributed by atoms with Crippen LogP contribution in [0.1, 0.15) is 5.56 Å². The molecule has 1 atom stereocenters. The molecule has 4 nitrogen and oxygen atoms in total. The van der Waals surface area contributed by atoms with E-state index in [-0.39, 0.29) is 6.61 Å². The molecule has 4 heteroatoms. The van der Waals surface area contributed by atoms with Crippen molar-refractivity contribution in [1.29, 1.82) is 0 Å². The van der Waals surface area contributed by atoms with Crippen LogP contribution < -0.4 is 10.1 Å². The molecular formula is C12H14N2O2. The Labute approximate surface area is 94.3 Å². The summed E-state index contributed by atoms with van der Waals surface area (Å²) in [6.07, 6.45) is 9.20. The van der Waals surface area contributed by atoms with Gasteiger partial charge >= 0.3 is 0 Å². The van der Waals surface area contributed by atoms with Crippen LogP contribution in [0.25, 0.3) is 0 Å². The molecule has 1 aliphatic heterocycles. The fourth-order valence-electron chi connectivity index (χ4n) is 1.65. The third-order valence-corrected chi connectivity index (χ3v) is 2.64. The van der Waals surface area contributed by atoms with E-state index in [9.17, 15) is 5.11 Å². The zero-order valence-electron chi connectivity index (χ0n) is 9.05. The minimum absolute atomic E-state index is 0.0259. The lowest BCUT2D eigenvalue weighted by Gasteiger charge is -2.31. The predicted octanol–water partition coefficient (Wildman–Crippen LogP) is 0.951. The Morgan fingerprint density at radius 3 is 2.81 bits per heavy atom. The van der Waals surface area contributed by atoms with Gasteiger partial charge in [0, 0.05) is 17.8 Å². The van der Waals surface area contributed by atoms with Gasteiger partial charge in [-0.05, 0) is 18.3 Å². The van der Waals surface area contributed by atoms with Crippen LogP contribution in [-0.4, -0.2) is 23.8 Å². The molecule has 1 unspecified atom stereocenters. The monoisotopic (exact) mass is 218 g/mol. The average molecular weight is 218 g/mol. The second kappa shape index (κ2) is 4.37. The van der Waals surface area contributed by atoms with Crippen LogP contribution in [0.4, 0.5) is 0 Å². The van der Waals surface area contributed by atoms with E-state index in [1.165, 1.54) is 0 Å². The van der Waals surface area contributed by atoms with Gasteiger partial charge in [0.1, 0.15) is 5.54 Å². The fourth-order valence-corrected chi connectivity index (χ4v) is 1.65. The molecule has 1 aliphatic rings. The maximum atomic E-state index is 9.51. The summed E-state index contributed by atoms with van der Waals surface area (Å²) in [5.74, 6) is 0.562. The normalized spacial score (nSPS) is 22.9. The predicted molar refractivity (Wildman–Crippen MR) is 61.0 cm³/mol. The third-order valence-electron chi connectivity index (χ3n) is 2.64. The van der Waals surface area contributed by atoms with Crippen molar-refractivity contribution in [2.24, 2.45) is 0 Å². The zero-order chi connectivity index (χ0) is 11.4. The number of methoxy groups -OCH3 is 1. The summed E-state index contributed by atoms with van der Waals surface area (Å²) >= 11 is 0. The average Bonchev–Trinajstić information content (AvgIpc) is 2.39. The number of nitrogens with zero attached hydrogens (tertiary/aromatic N) is 1. The van der Waals surface area contributed by atoms with Crippen molar-refractivity contribution in [3.05, 3.63) is 48.3 Å². The van der Waals surface area contributed by atoms with E-state index in [2.05, 4.69) is 10.3 Å². The Hall–Kier alpha value is -1.81. The molecular weight excluding hydrogens is 204 g/mol. The molecule has 1 aromatic rings. The smallest absolute Gasteiger partial charge is 0.212 e. The molecule has 2 heterocycles. The molecule has 0 saturated carbocycles. The quantitative estimate of drug-likeness (QED) is 0.793. The first kappa shape index (κ1) is 10.7. The molecule has 16 heavy (non-hydrogen) atoms.